The summed E-state index contributed by atoms with van der Waals surface area (Å²) in [5, 5.41) is 9.88. The fourth-order valence-corrected chi connectivity index (χ4v) is 2.27. The maximum Gasteiger partial charge on any atom is 0.146 e. The fraction of sp³-hybridized carbons (Fsp3) is 0.200. The van der Waals surface area contributed by atoms with Gasteiger partial charge >= 0.3 is 0 Å². The molecule has 2 nitrogen and oxygen atoms in total. The number of hydrogen-bond acceptors (Lipinski definition) is 3. The van der Waals surface area contributed by atoms with Gasteiger partial charge in [0, 0.05) is 4.88 Å². The molecule has 2 rings (SSSR count). The first-order valence-electron chi connectivity index (χ1n) is 4.16. The molecule has 2 aromatic heterocycles. The van der Waals surface area contributed by atoms with E-state index in [0.717, 1.165) is 10.6 Å². The summed E-state index contributed by atoms with van der Waals surface area (Å²) in [5.74, 6) is 1.35. The standard InChI is InChI=1S/C10H9ClO2S/c1-6-2-3-7(13-6)10(12)8-4-5-9(11)14-8/h2-5,10,12H,1H3. The van der Waals surface area contributed by atoms with Crippen molar-refractivity contribution in [3.63, 3.8) is 0 Å². The zero-order chi connectivity index (χ0) is 10.1. The van der Waals surface area contributed by atoms with Crippen LogP contribution in [-0.2, 0) is 0 Å². The molecule has 1 atom stereocenters. The van der Waals surface area contributed by atoms with Crippen molar-refractivity contribution in [1.82, 2.24) is 0 Å². The molecule has 4 heteroatoms. The quantitative estimate of drug-likeness (QED) is 0.855. The SMILES string of the molecule is Cc1ccc(C(O)c2ccc(Cl)s2)o1. The predicted octanol–water partition coefficient (Wildman–Crippen LogP) is 3.38. The summed E-state index contributed by atoms with van der Waals surface area (Å²) in [6, 6.07) is 7.16. The lowest BCUT2D eigenvalue weighted by Crippen LogP contribution is -1.93. The van der Waals surface area contributed by atoms with Crippen molar-refractivity contribution >= 4 is 22.9 Å². The maximum absolute atomic E-state index is 9.88. The molecule has 0 saturated heterocycles. The smallest absolute Gasteiger partial charge is 0.146 e. The minimum Gasteiger partial charge on any atom is -0.463 e. The van der Waals surface area contributed by atoms with Crippen LogP contribution >= 0.6 is 22.9 Å². The molecular formula is C10H9ClO2S. The summed E-state index contributed by atoms with van der Waals surface area (Å²) < 4.78 is 5.99. The van der Waals surface area contributed by atoms with E-state index in [1.54, 1.807) is 18.2 Å². The highest BCUT2D eigenvalue weighted by molar-refractivity contribution is 7.16. The van der Waals surface area contributed by atoms with E-state index in [2.05, 4.69) is 0 Å². The third-order valence-electron chi connectivity index (χ3n) is 1.89. The van der Waals surface area contributed by atoms with Gasteiger partial charge in [-0.25, -0.2) is 0 Å². The second kappa shape index (κ2) is 3.77. The summed E-state index contributed by atoms with van der Waals surface area (Å²) in [4.78, 5) is 0.796. The summed E-state index contributed by atoms with van der Waals surface area (Å²) in [5.41, 5.74) is 0. The monoisotopic (exact) mass is 228 g/mol. The van der Waals surface area contributed by atoms with E-state index in [1.165, 1.54) is 11.3 Å². The minimum absolute atomic E-state index is 0.556. The van der Waals surface area contributed by atoms with E-state index >= 15 is 0 Å². The third-order valence-corrected chi connectivity index (χ3v) is 3.18. The first-order chi connectivity index (χ1) is 6.66. The largest absolute Gasteiger partial charge is 0.463 e. The van der Waals surface area contributed by atoms with Gasteiger partial charge in [-0.05, 0) is 31.2 Å². The van der Waals surface area contributed by atoms with Crippen LogP contribution in [0.15, 0.2) is 28.7 Å². The van der Waals surface area contributed by atoms with Gasteiger partial charge in [0.2, 0.25) is 0 Å². The van der Waals surface area contributed by atoms with Crippen molar-refractivity contribution in [3.05, 3.63) is 45.0 Å². The number of furan rings is 1. The average Bonchev–Trinajstić information content (AvgIpc) is 2.73. The van der Waals surface area contributed by atoms with E-state index in [1.807, 2.05) is 13.0 Å². The molecule has 1 N–H and O–H groups in total. The Morgan fingerprint density at radius 2 is 2.14 bits per heavy atom. The highest BCUT2D eigenvalue weighted by Crippen LogP contribution is 2.31. The lowest BCUT2D eigenvalue weighted by atomic mass is 10.2. The number of aliphatic hydroxyl groups excluding tert-OH is 1. The molecule has 0 radical (unpaired) electrons. The fourth-order valence-electron chi connectivity index (χ4n) is 1.22. The number of aryl methyl sites for hydroxylation is 1. The first-order valence-corrected chi connectivity index (χ1v) is 5.36. The van der Waals surface area contributed by atoms with Gasteiger partial charge in [-0.15, -0.1) is 11.3 Å². The molecule has 2 heterocycles. The molecule has 0 saturated carbocycles. The number of rotatable bonds is 2. The normalized spacial score (nSPS) is 13.1. The van der Waals surface area contributed by atoms with Gasteiger partial charge in [0.1, 0.15) is 17.6 Å². The zero-order valence-corrected chi connectivity index (χ0v) is 9.10. The van der Waals surface area contributed by atoms with Gasteiger partial charge in [-0.2, -0.15) is 0 Å². The van der Waals surface area contributed by atoms with Gasteiger partial charge in [-0.3, -0.25) is 0 Å². The Bertz CT molecular complexity index is 393. The van der Waals surface area contributed by atoms with Crippen LogP contribution in [0.2, 0.25) is 4.34 Å². The van der Waals surface area contributed by atoms with E-state index in [4.69, 9.17) is 16.0 Å². The highest BCUT2D eigenvalue weighted by atomic mass is 35.5. The molecule has 0 fully saturated rings. The molecule has 0 bridgehead atoms. The van der Waals surface area contributed by atoms with Gasteiger partial charge in [-0.1, -0.05) is 11.6 Å². The molecule has 0 aliphatic carbocycles. The van der Waals surface area contributed by atoms with Gasteiger partial charge in [0.15, 0.2) is 0 Å². The molecule has 0 amide bonds. The second-order valence-electron chi connectivity index (χ2n) is 2.99. The Labute approximate surface area is 90.8 Å². The Morgan fingerprint density at radius 3 is 2.64 bits per heavy atom. The summed E-state index contributed by atoms with van der Waals surface area (Å²) in [7, 11) is 0. The van der Waals surface area contributed by atoms with Crippen LogP contribution in [0.4, 0.5) is 0 Å². The lowest BCUT2D eigenvalue weighted by molar-refractivity contribution is 0.191. The second-order valence-corrected chi connectivity index (χ2v) is 4.74. The van der Waals surface area contributed by atoms with Gasteiger partial charge in [0.25, 0.3) is 0 Å². The van der Waals surface area contributed by atoms with Crippen molar-refractivity contribution in [3.8, 4) is 0 Å². The van der Waals surface area contributed by atoms with Crippen molar-refractivity contribution < 1.29 is 9.52 Å². The van der Waals surface area contributed by atoms with E-state index in [-0.39, 0.29) is 0 Å². The molecule has 74 valence electrons. The van der Waals surface area contributed by atoms with Crippen molar-refractivity contribution in [2.24, 2.45) is 0 Å². The Kier molecular flexibility index (Phi) is 2.63. The molecule has 1 unspecified atom stereocenters. The zero-order valence-electron chi connectivity index (χ0n) is 7.53. The van der Waals surface area contributed by atoms with Crippen LogP contribution in [0.3, 0.4) is 0 Å². The third kappa shape index (κ3) is 1.85. The van der Waals surface area contributed by atoms with Crippen LogP contribution in [0.1, 0.15) is 22.5 Å². The Balaban J connectivity index is 2.28. The van der Waals surface area contributed by atoms with Gasteiger partial charge < -0.3 is 9.52 Å². The average molecular weight is 229 g/mol. The molecule has 14 heavy (non-hydrogen) atoms. The van der Waals surface area contributed by atoms with Crippen molar-refractivity contribution in [2.45, 2.75) is 13.0 Å². The molecule has 2 aromatic rings. The van der Waals surface area contributed by atoms with Crippen LogP contribution < -0.4 is 0 Å². The molecular weight excluding hydrogens is 220 g/mol. The summed E-state index contributed by atoms with van der Waals surface area (Å²) in [6.45, 7) is 1.84. The van der Waals surface area contributed by atoms with Crippen LogP contribution in [0.5, 0.6) is 0 Å². The summed E-state index contributed by atoms with van der Waals surface area (Å²) >= 11 is 7.13. The first kappa shape index (κ1) is 9.77. The topological polar surface area (TPSA) is 33.4 Å². The predicted molar refractivity (Wildman–Crippen MR) is 56.8 cm³/mol. The number of thiophene rings is 1. The lowest BCUT2D eigenvalue weighted by Gasteiger charge is -2.03. The molecule has 0 aliphatic rings. The number of halogens is 1. The van der Waals surface area contributed by atoms with Crippen LogP contribution in [0.25, 0.3) is 0 Å². The van der Waals surface area contributed by atoms with E-state index < -0.39 is 6.10 Å². The van der Waals surface area contributed by atoms with E-state index in [9.17, 15) is 5.11 Å². The van der Waals surface area contributed by atoms with Crippen LogP contribution in [0, 0.1) is 6.92 Å². The van der Waals surface area contributed by atoms with Gasteiger partial charge in [0.05, 0.1) is 4.34 Å². The Hall–Kier alpha value is -0.770. The number of aliphatic hydroxyl groups is 1. The highest BCUT2D eigenvalue weighted by Gasteiger charge is 2.15. The molecule has 0 spiro atoms. The Morgan fingerprint density at radius 1 is 1.36 bits per heavy atom. The van der Waals surface area contributed by atoms with Crippen LogP contribution in [-0.4, -0.2) is 5.11 Å². The molecule has 0 aromatic carbocycles. The number of hydrogen-bond donors (Lipinski definition) is 1. The van der Waals surface area contributed by atoms with Crippen molar-refractivity contribution in [2.75, 3.05) is 0 Å². The summed E-state index contributed by atoms with van der Waals surface area (Å²) in [6.07, 6.45) is -0.707. The minimum atomic E-state index is -0.707. The van der Waals surface area contributed by atoms with Crippen molar-refractivity contribution in [1.29, 1.82) is 0 Å². The van der Waals surface area contributed by atoms with E-state index in [0.29, 0.717) is 10.1 Å². The molecule has 0 aliphatic heterocycles. The maximum atomic E-state index is 9.88.